The van der Waals surface area contributed by atoms with Gasteiger partial charge in [0.25, 0.3) is 5.92 Å². The molecule has 0 aliphatic carbocycles. The van der Waals surface area contributed by atoms with Crippen molar-refractivity contribution in [3.8, 4) is 0 Å². The first-order valence-electron chi connectivity index (χ1n) is 4.63. The second-order valence-electron chi connectivity index (χ2n) is 3.49. The van der Waals surface area contributed by atoms with E-state index < -0.39 is 5.92 Å². The van der Waals surface area contributed by atoms with Gasteiger partial charge in [0.15, 0.2) is 0 Å². The van der Waals surface area contributed by atoms with E-state index in [1.54, 1.807) is 13.0 Å². The van der Waals surface area contributed by atoms with Crippen LogP contribution in [0.5, 0.6) is 0 Å². The molecule has 0 heterocycles. The number of alkyl halides is 2. The van der Waals surface area contributed by atoms with Crippen molar-refractivity contribution < 1.29 is 8.78 Å². The molecular formula is C11H15F2N. The Balaban J connectivity index is 3.12. The summed E-state index contributed by atoms with van der Waals surface area (Å²) in [5.41, 5.74) is 6.81. The summed E-state index contributed by atoms with van der Waals surface area (Å²) in [5.74, 6) is -2.80. The molecule has 1 nitrogen and oxygen atoms in total. The maximum atomic E-state index is 13.5. The summed E-state index contributed by atoms with van der Waals surface area (Å²) in [6.45, 7) is 3.55. The Hall–Kier alpha value is -0.960. The highest BCUT2D eigenvalue weighted by Crippen LogP contribution is 2.34. The van der Waals surface area contributed by atoms with Crippen LogP contribution in [0.15, 0.2) is 18.2 Å². The highest BCUT2D eigenvalue weighted by atomic mass is 19.3. The highest BCUT2D eigenvalue weighted by Gasteiger charge is 2.31. The molecule has 0 amide bonds. The molecule has 0 saturated heterocycles. The lowest BCUT2D eigenvalue weighted by Gasteiger charge is -2.19. The third-order valence-corrected chi connectivity index (χ3v) is 2.46. The third kappa shape index (κ3) is 2.10. The van der Waals surface area contributed by atoms with Crippen molar-refractivity contribution in [2.75, 3.05) is 6.54 Å². The van der Waals surface area contributed by atoms with Gasteiger partial charge in [0, 0.05) is 12.0 Å². The molecule has 0 aliphatic rings. The van der Waals surface area contributed by atoms with Crippen LogP contribution < -0.4 is 5.73 Å². The van der Waals surface area contributed by atoms with Crippen molar-refractivity contribution in [2.45, 2.75) is 26.2 Å². The number of rotatable bonds is 3. The lowest BCUT2D eigenvalue weighted by Crippen LogP contribution is -2.20. The van der Waals surface area contributed by atoms with Gasteiger partial charge < -0.3 is 5.73 Å². The fraction of sp³-hybridized carbons (Fsp3) is 0.455. The molecule has 0 saturated carbocycles. The van der Waals surface area contributed by atoms with Crippen molar-refractivity contribution in [1.82, 2.24) is 0 Å². The fourth-order valence-corrected chi connectivity index (χ4v) is 1.46. The van der Waals surface area contributed by atoms with E-state index >= 15 is 0 Å². The molecule has 0 aromatic heterocycles. The first-order chi connectivity index (χ1) is 6.49. The smallest absolute Gasteiger partial charge is 0.274 e. The molecule has 0 aliphatic heterocycles. The van der Waals surface area contributed by atoms with Crippen LogP contribution in [0.2, 0.25) is 0 Å². The Morgan fingerprint density at radius 1 is 1.29 bits per heavy atom. The van der Waals surface area contributed by atoms with Crippen LogP contribution in [0.4, 0.5) is 8.78 Å². The Labute approximate surface area is 82.9 Å². The molecule has 1 rings (SSSR count). The minimum absolute atomic E-state index is 0.000379. The molecule has 14 heavy (non-hydrogen) atoms. The van der Waals surface area contributed by atoms with Gasteiger partial charge in [-0.2, -0.15) is 0 Å². The Kier molecular flexibility index (Phi) is 3.21. The molecule has 0 atom stereocenters. The molecule has 1 aromatic carbocycles. The zero-order valence-electron chi connectivity index (χ0n) is 8.48. The highest BCUT2D eigenvalue weighted by molar-refractivity contribution is 5.35. The average Bonchev–Trinajstić information content (AvgIpc) is 2.09. The second kappa shape index (κ2) is 4.05. The van der Waals surface area contributed by atoms with Crippen molar-refractivity contribution in [2.24, 2.45) is 5.73 Å². The number of benzene rings is 1. The fourth-order valence-electron chi connectivity index (χ4n) is 1.46. The number of hydrogen-bond donors (Lipinski definition) is 1. The van der Waals surface area contributed by atoms with Gasteiger partial charge in [-0.3, -0.25) is 0 Å². The van der Waals surface area contributed by atoms with Crippen LogP contribution in [-0.4, -0.2) is 6.54 Å². The SMILES string of the molecule is Cc1cccc(C(F)(F)CCN)c1C. The summed E-state index contributed by atoms with van der Waals surface area (Å²) in [6, 6.07) is 4.96. The van der Waals surface area contributed by atoms with Crippen molar-refractivity contribution in [3.05, 3.63) is 34.9 Å². The standard InChI is InChI=1S/C11H15F2N/c1-8-4-3-5-10(9(8)2)11(12,13)6-7-14/h3-5H,6-7,14H2,1-2H3. The summed E-state index contributed by atoms with van der Waals surface area (Å²) in [7, 11) is 0. The molecule has 0 spiro atoms. The molecule has 0 fully saturated rings. The second-order valence-corrected chi connectivity index (χ2v) is 3.49. The topological polar surface area (TPSA) is 26.0 Å². The number of hydrogen-bond acceptors (Lipinski definition) is 1. The van der Waals surface area contributed by atoms with E-state index in [-0.39, 0.29) is 18.5 Å². The van der Waals surface area contributed by atoms with Gasteiger partial charge in [-0.05, 0) is 31.5 Å². The molecule has 0 bridgehead atoms. The largest absolute Gasteiger partial charge is 0.330 e. The van der Waals surface area contributed by atoms with Crippen molar-refractivity contribution >= 4 is 0 Å². The summed E-state index contributed by atoms with van der Waals surface area (Å²) < 4.78 is 27.0. The summed E-state index contributed by atoms with van der Waals surface area (Å²) in [4.78, 5) is 0. The normalized spacial score (nSPS) is 11.8. The minimum atomic E-state index is -2.80. The van der Waals surface area contributed by atoms with E-state index in [1.165, 1.54) is 6.07 Å². The number of nitrogens with two attached hydrogens (primary N) is 1. The Morgan fingerprint density at radius 3 is 2.50 bits per heavy atom. The quantitative estimate of drug-likeness (QED) is 0.795. The van der Waals surface area contributed by atoms with Gasteiger partial charge in [0.1, 0.15) is 0 Å². The van der Waals surface area contributed by atoms with Crippen LogP contribution in [0, 0.1) is 13.8 Å². The van der Waals surface area contributed by atoms with Gasteiger partial charge >= 0.3 is 0 Å². The summed E-state index contributed by atoms with van der Waals surface area (Å²) in [6.07, 6.45) is -0.294. The maximum absolute atomic E-state index is 13.5. The van der Waals surface area contributed by atoms with E-state index in [4.69, 9.17) is 5.73 Å². The van der Waals surface area contributed by atoms with Gasteiger partial charge in [-0.1, -0.05) is 18.2 Å². The van der Waals surface area contributed by atoms with Gasteiger partial charge in [-0.15, -0.1) is 0 Å². The molecule has 1 aromatic rings. The zero-order chi connectivity index (χ0) is 10.8. The predicted octanol–water partition coefficient (Wildman–Crippen LogP) is 2.74. The van der Waals surface area contributed by atoms with E-state index in [0.717, 1.165) is 5.56 Å². The first kappa shape index (κ1) is 11.1. The summed E-state index contributed by atoms with van der Waals surface area (Å²) >= 11 is 0. The van der Waals surface area contributed by atoms with Crippen LogP contribution in [0.3, 0.4) is 0 Å². The zero-order valence-corrected chi connectivity index (χ0v) is 8.48. The Morgan fingerprint density at radius 2 is 1.93 bits per heavy atom. The monoisotopic (exact) mass is 199 g/mol. The molecular weight excluding hydrogens is 184 g/mol. The number of aryl methyl sites for hydroxylation is 1. The number of halogens is 2. The average molecular weight is 199 g/mol. The molecule has 3 heteroatoms. The molecule has 0 radical (unpaired) electrons. The van der Waals surface area contributed by atoms with E-state index in [2.05, 4.69) is 0 Å². The molecule has 0 unspecified atom stereocenters. The maximum Gasteiger partial charge on any atom is 0.274 e. The summed E-state index contributed by atoms with van der Waals surface area (Å²) in [5, 5.41) is 0. The van der Waals surface area contributed by atoms with E-state index in [0.29, 0.717) is 5.56 Å². The van der Waals surface area contributed by atoms with Gasteiger partial charge in [0.2, 0.25) is 0 Å². The van der Waals surface area contributed by atoms with Crippen molar-refractivity contribution in [3.63, 3.8) is 0 Å². The third-order valence-electron chi connectivity index (χ3n) is 2.46. The predicted molar refractivity (Wildman–Crippen MR) is 53.5 cm³/mol. The first-order valence-corrected chi connectivity index (χ1v) is 4.63. The van der Waals surface area contributed by atoms with E-state index in [1.807, 2.05) is 13.0 Å². The van der Waals surface area contributed by atoms with Crippen LogP contribution in [0.1, 0.15) is 23.1 Å². The Bertz CT molecular complexity index is 321. The van der Waals surface area contributed by atoms with Crippen molar-refractivity contribution in [1.29, 1.82) is 0 Å². The van der Waals surface area contributed by atoms with Gasteiger partial charge in [-0.25, -0.2) is 8.78 Å². The molecule has 78 valence electrons. The van der Waals surface area contributed by atoms with Gasteiger partial charge in [0.05, 0.1) is 0 Å². The van der Waals surface area contributed by atoms with Crippen LogP contribution >= 0.6 is 0 Å². The van der Waals surface area contributed by atoms with Crippen LogP contribution in [-0.2, 0) is 5.92 Å². The van der Waals surface area contributed by atoms with Crippen LogP contribution in [0.25, 0.3) is 0 Å². The lowest BCUT2D eigenvalue weighted by atomic mass is 9.97. The lowest BCUT2D eigenvalue weighted by molar-refractivity contribution is -0.0113. The van der Waals surface area contributed by atoms with E-state index in [9.17, 15) is 8.78 Å². The molecule has 2 N–H and O–H groups in total. The minimum Gasteiger partial charge on any atom is -0.330 e.